The van der Waals surface area contributed by atoms with Gasteiger partial charge in [0.1, 0.15) is 24.2 Å². The minimum absolute atomic E-state index is 0.0244. The number of nitrogens with two attached hydrogens (primary N) is 3. The van der Waals surface area contributed by atoms with Gasteiger partial charge in [0.05, 0.1) is 13.0 Å². The molecule has 0 bridgehead atoms. The highest BCUT2D eigenvalue weighted by Gasteiger charge is 2.32. The SMILES string of the molecule is NCC(=O)N[C@H](CC(=O)O)C(=O)N[C@@H](CCCCNCCCNC(=O)/N=N/c1ccccn1)C(=O)N[C@H](Cc1ccccc1)C(=O)N[C@@H](CCCN=C(N)N)C(=O)O. The summed E-state index contributed by atoms with van der Waals surface area (Å²) in [5.74, 6) is -5.99. The molecule has 0 saturated carbocycles. The number of guanidine groups is 1. The first kappa shape index (κ1) is 47.6. The van der Waals surface area contributed by atoms with Gasteiger partial charge >= 0.3 is 18.0 Å². The van der Waals surface area contributed by atoms with Gasteiger partial charge < -0.3 is 59.3 Å². The van der Waals surface area contributed by atoms with E-state index >= 15 is 0 Å². The second-order valence-corrected chi connectivity index (χ2v) is 12.8. The second kappa shape index (κ2) is 27.1. The maximum Gasteiger partial charge on any atom is 0.359 e. The minimum Gasteiger partial charge on any atom is -0.481 e. The van der Waals surface area contributed by atoms with Gasteiger partial charge in [-0.1, -0.05) is 41.5 Å². The Morgan fingerprint density at radius 2 is 1.34 bits per heavy atom. The van der Waals surface area contributed by atoms with E-state index in [1.54, 1.807) is 48.5 Å². The van der Waals surface area contributed by atoms with Crippen LogP contribution in [-0.2, 0) is 35.2 Å². The number of urea groups is 1. The number of carboxylic acid groups (broad SMARTS) is 2. The number of rotatable bonds is 27. The zero-order valence-electron chi connectivity index (χ0n) is 32.0. The van der Waals surface area contributed by atoms with Gasteiger partial charge in [0, 0.05) is 25.7 Å². The molecule has 0 unspecified atom stereocenters. The van der Waals surface area contributed by atoms with Crippen LogP contribution in [0.3, 0.4) is 0 Å². The van der Waals surface area contributed by atoms with Gasteiger partial charge in [0.15, 0.2) is 11.8 Å². The van der Waals surface area contributed by atoms with Crippen LogP contribution >= 0.6 is 0 Å². The zero-order valence-corrected chi connectivity index (χ0v) is 32.0. The van der Waals surface area contributed by atoms with Gasteiger partial charge in [0.2, 0.25) is 23.6 Å². The van der Waals surface area contributed by atoms with Gasteiger partial charge in [0.25, 0.3) is 0 Å². The standard InChI is InChI=1S/C36H53N13O9/c37-22-29(50)44-27(21-30(51)52)33(55)45-24(12-4-6-15-40-16-9-19-43-36(58)49-48-28-14-5-7-17-41-28)31(53)47-26(20-23-10-2-1-3-11-23)32(54)46-25(34(56)57)13-8-18-42-35(38)39/h1-3,5,7,10-11,14,17,24-27,40H,4,6,8-9,12-13,15-16,18-22,37H2,(H,43,58)(H,44,50)(H,45,55)(H,46,54)(H,47,53)(H,51,52)(H,56,57)(H4,38,39,42)/b49-48+/t24-,25-,26+,27+/m0/s1. The highest BCUT2D eigenvalue weighted by Crippen LogP contribution is 2.09. The van der Waals surface area contributed by atoms with Crippen molar-refractivity contribution in [1.29, 1.82) is 0 Å². The average Bonchev–Trinajstić information content (AvgIpc) is 3.19. The van der Waals surface area contributed by atoms with Crippen LogP contribution in [0.5, 0.6) is 0 Å². The van der Waals surface area contributed by atoms with Crippen LogP contribution in [-0.4, -0.2) is 120 Å². The summed E-state index contributed by atoms with van der Waals surface area (Å²) in [6, 6.07) is 7.50. The van der Waals surface area contributed by atoms with Gasteiger partial charge in [-0.3, -0.25) is 29.0 Å². The van der Waals surface area contributed by atoms with Crippen LogP contribution in [0.1, 0.15) is 50.5 Å². The summed E-state index contributed by atoms with van der Waals surface area (Å²) in [6.45, 7) is 0.936. The first-order chi connectivity index (χ1) is 27.8. The Balaban J connectivity index is 2.11. The van der Waals surface area contributed by atoms with Crippen molar-refractivity contribution in [2.45, 2.75) is 75.5 Å². The summed E-state index contributed by atoms with van der Waals surface area (Å²) >= 11 is 0. The Morgan fingerprint density at radius 3 is 2.00 bits per heavy atom. The molecule has 0 aliphatic rings. The minimum atomic E-state index is -1.57. The van der Waals surface area contributed by atoms with Gasteiger partial charge in [-0.2, -0.15) is 0 Å². The van der Waals surface area contributed by atoms with E-state index < -0.39 is 78.7 Å². The number of carboxylic acids is 2. The van der Waals surface area contributed by atoms with E-state index in [1.165, 1.54) is 6.20 Å². The van der Waals surface area contributed by atoms with E-state index in [1.807, 2.05) is 0 Å². The highest BCUT2D eigenvalue weighted by atomic mass is 16.4. The lowest BCUT2D eigenvalue weighted by molar-refractivity contribution is -0.142. The predicted octanol–water partition coefficient (Wildman–Crippen LogP) is -1.22. The number of pyridine rings is 1. The molecule has 1 aromatic heterocycles. The molecule has 6 amide bonds. The van der Waals surface area contributed by atoms with Crippen LogP contribution in [0.4, 0.5) is 10.6 Å². The number of unbranched alkanes of at least 4 members (excludes halogenated alkanes) is 1. The molecule has 22 heteroatoms. The molecule has 4 atom stereocenters. The summed E-state index contributed by atoms with van der Waals surface area (Å²) in [6.07, 6.45) is 2.35. The topological polar surface area (TPSA) is 360 Å². The fourth-order valence-electron chi connectivity index (χ4n) is 5.22. The van der Waals surface area contributed by atoms with Gasteiger partial charge in [-0.25, -0.2) is 14.6 Å². The number of benzene rings is 1. The summed E-state index contributed by atoms with van der Waals surface area (Å²) < 4.78 is 0. The molecule has 0 aliphatic heterocycles. The Morgan fingerprint density at radius 1 is 0.707 bits per heavy atom. The van der Waals surface area contributed by atoms with Crippen molar-refractivity contribution in [2.24, 2.45) is 32.4 Å². The van der Waals surface area contributed by atoms with E-state index in [4.69, 9.17) is 17.2 Å². The Labute approximate surface area is 334 Å². The molecule has 2 aromatic rings. The summed E-state index contributed by atoms with van der Waals surface area (Å²) in [7, 11) is 0. The molecule has 0 spiro atoms. The number of nitrogens with zero attached hydrogens (tertiary/aromatic N) is 4. The number of nitrogens with one attached hydrogen (secondary N) is 6. The van der Waals surface area contributed by atoms with Crippen molar-refractivity contribution >= 4 is 53.4 Å². The van der Waals surface area contributed by atoms with Crippen LogP contribution < -0.4 is 49.1 Å². The molecule has 0 radical (unpaired) electrons. The Kier molecular flexibility index (Phi) is 22.3. The quantitative estimate of drug-likeness (QED) is 0.0218. The van der Waals surface area contributed by atoms with Crippen molar-refractivity contribution in [3.05, 3.63) is 60.3 Å². The summed E-state index contributed by atoms with van der Waals surface area (Å²) in [5.41, 5.74) is 16.6. The molecule has 0 fully saturated rings. The third-order valence-corrected chi connectivity index (χ3v) is 8.12. The Hall–Kier alpha value is -6.55. The molecule has 316 valence electrons. The second-order valence-electron chi connectivity index (χ2n) is 12.8. The fraction of sp³-hybridized carbons (Fsp3) is 0.472. The number of aromatic nitrogens is 1. The Bertz CT molecular complexity index is 1690. The number of aliphatic imine (C=N–C) groups is 1. The van der Waals surface area contributed by atoms with Crippen LogP contribution in [0.25, 0.3) is 0 Å². The summed E-state index contributed by atoms with van der Waals surface area (Å²) in [4.78, 5) is 96.0. The number of amides is 6. The number of hydrogen-bond donors (Lipinski definition) is 11. The van der Waals surface area contributed by atoms with Crippen molar-refractivity contribution in [3.8, 4) is 0 Å². The van der Waals surface area contributed by atoms with Crippen molar-refractivity contribution in [3.63, 3.8) is 0 Å². The van der Waals surface area contributed by atoms with E-state index in [2.05, 4.69) is 52.1 Å². The first-order valence-electron chi connectivity index (χ1n) is 18.5. The molecule has 22 nitrogen and oxygen atoms in total. The summed E-state index contributed by atoms with van der Waals surface area (Å²) in [5, 5.41) is 42.1. The lowest BCUT2D eigenvalue weighted by Crippen LogP contribution is -2.58. The van der Waals surface area contributed by atoms with Crippen LogP contribution in [0.2, 0.25) is 0 Å². The van der Waals surface area contributed by atoms with E-state index in [-0.39, 0.29) is 38.2 Å². The molecule has 1 aromatic carbocycles. The lowest BCUT2D eigenvalue weighted by Gasteiger charge is -2.26. The third-order valence-electron chi connectivity index (χ3n) is 8.12. The number of hydrogen-bond acceptors (Lipinski definition) is 12. The highest BCUT2D eigenvalue weighted by molar-refractivity contribution is 5.96. The largest absolute Gasteiger partial charge is 0.481 e. The zero-order chi connectivity index (χ0) is 42.7. The molecular weight excluding hydrogens is 758 g/mol. The van der Waals surface area contributed by atoms with Crippen LogP contribution in [0, 0.1) is 0 Å². The van der Waals surface area contributed by atoms with Gasteiger partial charge in [-0.05, 0) is 69.3 Å². The fourth-order valence-corrected chi connectivity index (χ4v) is 5.22. The van der Waals surface area contributed by atoms with Crippen LogP contribution in [0.15, 0.2) is 69.9 Å². The number of azo groups is 1. The maximum absolute atomic E-state index is 13.9. The monoisotopic (exact) mass is 811 g/mol. The number of aliphatic carboxylic acids is 2. The molecule has 2 rings (SSSR count). The lowest BCUT2D eigenvalue weighted by atomic mass is 10.0. The van der Waals surface area contributed by atoms with E-state index in [0.717, 1.165) is 0 Å². The first-order valence-corrected chi connectivity index (χ1v) is 18.5. The molecule has 14 N–H and O–H groups in total. The van der Waals surface area contributed by atoms with E-state index in [0.29, 0.717) is 50.3 Å². The molecule has 0 saturated heterocycles. The predicted molar refractivity (Wildman–Crippen MR) is 210 cm³/mol. The van der Waals surface area contributed by atoms with Crippen molar-refractivity contribution < 1.29 is 43.8 Å². The molecule has 1 heterocycles. The normalized spacial score (nSPS) is 12.9. The number of carbonyl (C=O) groups excluding carboxylic acids is 5. The average molecular weight is 812 g/mol. The van der Waals surface area contributed by atoms with E-state index in [9.17, 15) is 43.8 Å². The smallest absolute Gasteiger partial charge is 0.359 e. The van der Waals surface area contributed by atoms with Gasteiger partial charge in [-0.15, -0.1) is 5.11 Å². The van der Waals surface area contributed by atoms with Crippen molar-refractivity contribution in [1.82, 2.24) is 36.9 Å². The number of carbonyl (C=O) groups is 7. The third kappa shape index (κ3) is 20.4. The molecule has 58 heavy (non-hydrogen) atoms. The van der Waals surface area contributed by atoms with Crippen molar-refractivity contribution in [2.75, 3.05) is 32.7 Å². The maximum atomic E-state index is 13.9. The molecular formula is C36H53N13O9. The molecule has 0 aliphatic carbocycles.